The van der Waals surface area contributed by atoms with E-state index in [2.05, 4.69) is 22.0 Å². The summed E-state index contributed by atoms with van der Waals surface area (Å²) < 4.78 is 7.51. The highest BCUT2D eigenvalue weighted by Gasteiger charge is 2.40. The second-order valence-corrected chi connectivity index (χ2v) is 7.94. The zero-order valence-corrected chi connectivity index (χ0v) is 14.1. The van der Waals surface area contributed by atoms with Crippen LogP contribution < -0.4 is 5.73 Å². The third kappa shape index (κ3) is 3.34. The number of thioether (sulfide) groups is 1. The van der Waals surface area contributed by atoms with Crippen LogP contribution in [0.25, 0.3) is 0 Å². The van der Waals surface area contributed by atoms with Crippen molar-refractivity contribution >= 4 is 33.4 Å². The van der Waals surface area contributed by atoms with Crippen molar-refractivity contribution < 1.29 is 4.74 Å². The molecule has 3 rings (SSSR count). The lowest BCUT2D eigenvalue weighted by Gasteiger charge is -2.33. The summed E-state index contributed by atoms with van der Waals surface area (Å²) in [7, 11) is 0. The second-order valence-electron chi connectivity index (χ2n) is 6.02. The standard InChI is InChI=1S/C16H22BrNOS/c17-14-10-12(18)4-5-15(14)20-11-13-6-9-16(19-13)7-2-1-3-8-16/h4-5,10,13H,1-3,6-9,11,18H2. The van der Waals surface area contributed by atoms with Crippen molar-refractivity contribution in [3.8, 4) is 0 Å². The minimum absolute atomic E-state index is 0.238. The van der Waals surface area contributed by atoms with Gasteiger partial charge in [0.15, 0.2) is 0 Å². The van der Waals surface area contributed by atoms with Crippen LogP contribution in [0.3, 0.4) is 0 Å². The highest BCUT2D eigenvalue weighted by molar-refractivity contribution is 9.10. The van der Waals surface area contributed by atoms with Crippen molar-refractivity contribution in [2.45, 2.75) is 61.5 Å². The van der Waals surface area contributed by atoms with Gasteiger partial charge in [0.05, 0.1) is 11.7 Å². The van der Waals surface area contributed by atoms with Crippen LogP contribution in [0.1, 0.15) is 44.9 Å². The van der Waals surface area contributed by atoms with Crippen molar-refractivity contribution in [3.63, 3.8) is 0 Å². The Morgan fingerprint density at radius 2 is 2.05 bits per heavy atom. The van der Waals surface area contributed by atoms with E-state index in [0.717, 1.165) is 15.9 Å². The maximum absolute atomic E-state index is 6.41. The maximum atomic E-state index is 6.41. The van der Waals surface area contributed by atoms with Crippen molar-refractivity contribution in [1.29, 1.82) is 0 Å². The molecule has 2 N–H and O–H groups in total. The van der Waals surface area contributed by atoms with Gasteiger partial charge >= 0.3 is 0 Å². The molecule has 1 spiro atoms. The zero-order valence-electron chi connectivity index (χ0n) is 11.7. The highest BCUT2D eigenvalue weighted by atomic mass is 79.9. The number of halogens is 1. The van der Waals surface area contributed by atoms with Crippen LogP contribution in [-0.4, -0.2) is 17.5 Å². The van der Waals surface area contributed by atoms with E-state index in [1.54, 1.807) is 0 Å². The predicted octanol–water partition coefficient (Wildman–Crippen LogP) is 5.01. The average Bonchev–Trinajstić information content (AvgIpc) is 2.82. The maximum Gasteiger partial charge on any atom is 0.0687 e. The Labute approximate surface area is 134 Å². The molecule has 1 atom stereocenters. The highest BCUT2D eigenvalue weighted by Crippen LogP contribution is 2.43. The molecule has 1 aliphatic heterocycles. The molecule has 0 bridgehead atoms. The Morgan fingerprint density at radius 3 is 2.80 bits per heavy atom. The molecule has 1 saturated heterocycles. The minimum Gasteiger partial charge on any atom is -0.399 e. The van der Waals surface area contributed by atoms with Gasteiger partial charge in [-0.1, -0.05) is 19.3 Å². The molecular weight excluding hydrogens is 334 g/mol. The molecule has 1 aliphatic carbocycles. The van der Waals surface area contributed by atoms with Gasteiger partial charge in [0.1, 0.15) is 0 Å². The Morgan fingerprint density at radius 1 is 1.25 bits per heavy atom. The SMILES string of the molecule is Nc1ccc(SCC2CCC3(CCCCC3)O2)c(Br)c1. The summed E-state index contributed by atoms with van der Waals surface area (Å²) in [6.07, 6.45) is 9.55. The van der Waals surface area contributed by atoms with Crippen LogP contribution in [0.5, 0.6) is 0 Å². The average molecular weight is 356 g/mol. The summed E-state index contributed by atoms with van der Waals surface area (Å²) in [6.45, 7) is 0. The van der Waals surface area contributed by atoms with Crippen molar-refractivity contribution in [1.82, 2.24) is 0 Å². The quantitative estimate of drug-likeness (QED) is 0.611. The molecule has 1 saturated carbocycles. The predicted molar refractivity (Wildman–Crippen MR) is 89.2 cm³/mol. The third-order valence-corrected chi connectivity index (χ3v) is 6.61. The number of ether oxygens (including phenoxy) is 1. The van der Waals surface area contributed by atoms with Crippen LogP contribution in [-0.2, 0) is 4.74 Å². The molecule has 1 aromatic rings. The molecule has 0 amide bonds. The van der Waals surface area contributed by atoms with E-state index >= 15 is 0 Å². The number of benzene rings is 1. The Bertz CT molecular complexity index is 474. The van der Waals surface area contributed by atoms with Gasteiger partial charge in [-0.05, 0) is 59.8 Å². The first-order valence-corrected chi connectivity index (χ1v) is 9.30. The molecule has 1 unspecified atom stereocenters. The summed E-state index contributed by atoms with van der Waals surface area (Å²) in [5.41, 5.74) is 6.82. The van der Waals surface area contributed by atoms with E-state index in [4.69, 9.17) is 10.5 Å². The van der Waals surface area contributed by atoms with Gasteiger partial charge in [-0.3, -0.25) is 0 Å². The van der Waals surface area contributed by atoms with Crippen molar-refractivity contribution in [2.75, 3.05) is 11.5 Å². The van der Waals surface area contributed by atoms with Crippen LogP contribution in [0.2, 0.25) is 0 Å². The largest absolute Gasteiger partial charge is 0.399 e. The van der Waals surface area contributed by atoms with E-state index in [-0.39, 0.29) is 5.60 Å². The van der Waals surface area contributed by atoms with Crippen LogP contribution in [0.15, 0.2) is 27.6 Å². The van der Waals surface area contributed by atoms with Crippen LogP contribution >= 0.6 is 27.7 Å². The molecule has 20 heavy (non-hydrogen) atoms. The molecule has 0 radical (unpaired) electrons. The summed E-state index contributed by atoms with van der Waals surface area (Å²) in [5.74, 6) is 1.05. The lowest BCUT2D eigenvalue weighted by molar-refractivity contribution is -0.0555. The van der Waals surface area contributed by atoms with Crippen LogP contribution in [0.4, 0.5) is 5.69 Å². The zero-order chi connectivity index (χ0) is 14.0. The molecular formula is C16H22BrNOS. The minimum atomic E-state index is 0.238. The molecule has 1 heterocycles. The van der Waals surface area contributed by atoms with E-state index in [1.807, 2.05) is 23.9 Å². The monoisotopic (exact) mass is 355 g/mol. The molecule has 0 aromatic heterocycles. The lowest BCUT2D eigenvalue weighted by atomic mass is 9.83. The first-order valence-electron chi connectivity index (χ1n) is 7.53. The summed E-state index contributed by atoms with van der Waals surface area (Å²) in [4.78, 5) is 1.26. The summed E-state index contributed by atoms with van der Waals surface area (Å²) in [6, 6.07) is 6.03. The topological polar surface area (TPSA) is 35.2 Å². The molecule has 2 nitrogen and oxygen atoms in total. The number of nitrogens with two attached hydrogens (primary N) is 1. The smallest absolute Gasteiger partial charge is 0.0687 e. The van der Waals surface area contributed by atoms with E-state index in [1.165, 1.54) is 49.8 Å². The van der Waals surface area contributed by atoms with Gasteiger partial charge in [-0.2, -0.15) is 0 Å². The van der Waals surface area contributed by atoms with E-state index < -0.39 is 0 Å². The van der Waals surface area contributed by atoms with Gasteiger partial charge in [0.25, 0.3) is 0 Å². The molecule has 1 aromatic carbocycles. The number of nitrogen functional groups attached to an aromatic ring is 1. The lowest BCUT2D eigenvalue weighted by Crippen LogP contribution is -2.32. The Hall–Kier alpha value is -0.190. The summed E-state index contributed by atoms with van der Waals surface area (Å²) >= 11 is 5.46. The van der Waals surface area contributed by atoms with Gasteiger partial charge in [-0.15, -0.1) is 11.8 Å². The second kappa shape index (κ2) is 6.29. The fraction of sp³-hybridized carbons (Fsp3) is 0.625. The normalized spacial score (nSPS) is 25.1. The Balaban J connectivity index is 1.54. The van der Waals surface area contributed by atoms with E-state index in [9.17, 15) is 0 Å². The fourth-order valence-electron chi connectivity index (χ4n) is 3.39. The molecule has 2 fully saturated rings. The number of hydrogen-bond donors (Lipinski definition) is 1. The number of anilines is 1. The third-order valence-electron chi connectivity index (χ3n) is 4.48. The first kappa shape index (κ1) is 14.7. The molecule has 4 heteroatoms. The van der Waals surface area contributed by atoms with Gasteiger partial charge < -0.3 is 10.5 Å². The Kier molecular flexibility index (Phi) is 4.63. The van der Waals surface area contributed by atoms with E-state index in [0.29, 0.717) is 6.10 Å². The van der Waals surface area contributed by atoms with Crippen molar-refractivity contribution in [2.24, 2.45) is 0 Å². The van der Waals surface area contributed by atoms with Gasteiger partial charge in [0.2, 0.25) is 0 Å². The van der Waals surface area contributed by atoms with Crippen LogP contribution in [0, 0.1) is 0 Å². The fourth-order valence-corrected chi connectivity index (χ4v) is 5.09. The van der Waals surface area contributed by atoms with Crippen molar-refractivity contribution in [3.05, 3.63) is 22.7 Å². The number of rotatable bonds is 3. The van der Waals surface area contributed by atoms with Gasteiger partial charge in [-0.25, -0.2) is 0 Å². The summed E-state index contributed by atoms with van der Waals surface area (Å²) in [5, 5.41) is 0. The van der Waals surface area contributed by atoms with Gasteiger partial charge in [0, 0.05) is 20.8 Å². The molecule has 2 aliphatic rings. The first-order chi connectivity index (χ1) is 9.67. The molecule has 110 valence electrons. The number of hydrogen-bond acceptors (Lipinski definition) is 3.